The third-order valence-electron chi connectivity index (χ3n) is 6.56. The number of benzene rings is 1. The molecule has 0 saturated heterocycles. The maximum atomic E-state index is 13.7. The highest BCUT2D eigenvalue weighted by Crippen LogP contribution is 2.25. The number of hydrogen-bond acceptors (Lipinski definition) is 10. The van der Waals surface area contributed by atoms with E-state index in [0.29, 0.717) is 42.4 Å². The van der Waals surface area contributed by atoms with Gasteiger partial charge in [-0.05, 0) is 47.7 Å². The zero-order valence-electron chi connectivity index (χ0n) is 23.3. The van der Waals surface area contributed by atoms with E-state index in [1.165, 1.54) is 4.57 Å². The van der Waals surface area contributed by atoms with E-state index in [9.17, 15) is 4.79 Å². The average molecular weight is 570 g/mol. The van der Waals surface area contributed by atoms with Crippen LogP contribution in [0.25, 0.3) is 28.6 Å². The summed E-state index contributed by atoms with van der Waals surface area (Å²) in [5, 5.41) is 11.6. The molecule has 0 unspecified atom stereocenters. The first kappa shape index (κ1) is 28.1. The second-order valence-corrected chi connectivity index (χ2v) is 10.4. The number of rotatable bonds is 12. The van der Waals surface area contributed by atoms with Crippen molar-refractivity contribution in [2.24, 2.45) is 7.05 Å². The summed E-state index contributed by atoms with van der Waals surface area (Å²) in [5.74, 6) is 2.27. The zero-order chi connectivity index (χ0) is 28.6. The fourth-order valence-corrected chi connectivity index (χ4v) is 4.69. The number of tetrazole rings is 1. The van der Waals surface area contributed by atoms with E-state index in [0.717, 1.165) is 46.9 Å². The van der Waals surface area contributed by atoms with Crippen LogP contribution in [-0.2, 0) is 19.9 Å². The Labute approximate surface area is 242 Å². The molecule has 4 heterocycles. The summed E-state index contributed by atoms with van der Waals surface area (Å²) in [6.07, 6.45) is 9.73. The largest absolute Gasteiger partial charge is 0.489 e. The van der Waals surface area contributed by atoms with Crippen molar-refractivity contribution in [3.05, 3.63) is 88.5 Å². The van der Waals surface area contributed by atoms with E-state index in [2.05, 4.69) is 32.4 Å². The van der Waals surface area contributed by atoms with Gasteiger partial charge >= 0.3 is 0 Å². The van der Waals surface area contributed by atoms with Gasteiger partial charge in [0.05, 0.1) is 36.1 Å². The van der Waals surface area contributed by atoms with E-state index >= 15 is 0 Å². The summed E-state index contributed by atoms with van der Waals surface area (Å²) >= 11 is 1.71. The van der Waals surface area contributed by atoms with Crippen molar-refractivity contribution in [1.82, 2.24) is 44.7 Å². The molecular weight excluding hydrogens is 538 g/mol. The monoisotopic (exact) mass is 569 g/mol. The van der Waals surface area contributed by atoms with Gasteiger partial charge in [-0.2, -0.15) is 16.4 Å². The Balaban J connectivity index is 1.48. The number of hydrogen-bond donors (Lipinski definition) is 0. The van der Waals surface area contributed by atoms with Crippen molar-refractivity contribution in [3.63, 3.8) is 0 Å². The number of ether oxygens (including phenoxy) is 1. The van der Waals surface area contributed by atoms with Crippen molar-refractivity contribution in [3.8, 4) is 34.3 Å². The zero-order valence-corrected chi connectivity index (χ0v) is 24.1. The van der Waals surface area contributed by atoms with Crippen LogP contribution in [0.2, 0.25) is 0 Å². The molecular formula is C29H31N9O2S. The number of aryl methyl sites for hydroxylation is 1. The second kappa shape index (κ2) is 13.3. The normalized spacial score (nSPS) is 11.1. The Morgan fingerprint density at radius 3 is 2.61 bits per heavy atom. The van der Waals surface area contributed by atoms with Crippen LogP contribution in [0.1, 0.15) is 36.7 Å². The summed E-state index contributed by atoms with van der Waals surface area (Å²) in [6.45, 7) is 2.70. The van der Waals surface area contributed by atoms with Crippen LogP contribution in [0.5, 0.6) is 5.75 Å². The summed E-state index contributed by atoms with van der Waals surface area (Å²) in [7, 11) is 1.70. The first-order chi connectivity index (χ1) is 20.1. The number of thioether (sulfide) groups is 1. The highest BCUT2D eigenvalue weighted by molar-refractivity contribution is 7.98. The molecule has 41 heavy (non-hydrogen) atoms. The van der Waals surface area contributed by atoms with Crippen molar-refractivity contribution >= 4 is 11.8 Å². The molecule has 0 spiro atoms. The van der Waals surface area contributed by atoms with Crippen LogP contribution in [0.3, 0.4) is 0 Å². The van der Waals surface area contributed by atoms with Gasteiger partial charge in [0.15, 0.2) is 17.4 Å². The molecule has 0 radical (unpaired) electrons. The lowest BCUT2D eigenvalue weighted by molar-refractivity contribution is 0.341. The third-order valence-corrected chi connectivity index (χ3v) is 7.14. The number of unbranched alkanes of at least 4 members (excludes halogenated alkanes) is 1. The molecule has 12 heteroatoms. The lowest BCUT2D eigenvalue weighted by Crippen LogP contribution is -2.27. The molecule has 4 aromatic heterocycles. The molecule has 5 rings (SSSR count). The van der Waals surface area contributed by atoms with Gasteiger partial charge < -0.3 is 4.74 Å². The molecule has 0 fully saturated rings. The van der Waals surface area contributed by atoms with Gasteiger partial charge in [0, 0.05) is 36.0 Å². The SMILES string of the molecule is CCCCc1nc(-c2ncc(OCCSC)cn2)n(C)c(=O)c1Cc1cccc(-c2ccccc2-n2cnnn2)n1. The highest BCUT2D eigenvalue weighted by atomic mass is 32.2. The van der Waals surface area contributed by atoms with Gasteiger partial charge in [-0.1, -0.05) is 37.6 Å². The van der Waals surface area contributed by atoms with Crippen molar-refractivity contribution < 1.29 is 4.74 Å². The maximum absolute atomic E-state index is 13.7. The first-order valence-corrected chi connectivity index (χ1v) is 14.8. The minimum atomic E-state index is -0.133. The quantitative estimate of drug-likeness (QED) is 0.204. The average Bonchev–Trinajstić information content (AvgIpc) is 3.55. The van der Waals surface area contributed by atoms with Crippen LogP contribution in [0.4, 0.5) is 0 Å². The molecule has 0 aliphatic carbocycles. The fraction of sp³-hybridized carbons (Fsp3) is 0.310. The maximum Gasteiger partial charge on any atom is 0.257 e. The lowest BCUT2D eigenvalue weighted by atomic mass is 10.0. The van der Waals surface area contributed by atoms with Crippen LogP contribution < -0.4 is 10.3 Å². The Hall–Kier alpha value is -4.45. The summed E-state index contributed by atoms with van der Waals surface area (Å²) < 4.78 is 8.80. The molecule has 0 aliphatic heterocycles. The van der Waals surface area contributed by atoms with Crippen molar-refractivity contribution in [2.45, 2.75) is 32.6 Å². The molecule has 0 saturated carbocycles. The second-order valence-electron chi connectivity index (χ2n) is 9.37. The number of nitrogens with zero attached hydrogens (tertiary/aromatic N) is 9. The Morgan fingerprint density at radius 1 is 1.02 bits per heavy atom. The first-order valence-electron chi connectivity index (χ1n) is 13.4. The van der Waals surface area contributed by atoms with Crippen LogP contribution in [0.15, 0.2) is 66.0 Å². The molecule has 0 amide bonds. The lowest BCUT2D eigenvalue weighted by Gasteiger charge is -2.14. The molecule has 210 valence electrons. The molecule has 11 nitrogen and oxygen atoms in total. The summed E-state index contributed by atoms with van der Waals surface area (Å²) in [5.41, 5.74) is 4.46. The molecule has 0 bridgehead atoms. The topological polar surface area (TPSA) is 126 Å². The Kier molecular flexibility index (Phi) is 9.09. The van der Waals surface area contributed by atoms with E-state index in [1.54, 1.807) is 42.2 Å². The third kappa shape index (κ3) is 6.49. The standard InChI is InChI=1S/C29H31N9O2S/c1-4-5-11-25-23(29(39)37(2)28(34-25)27-30-17-21(18-31-27)40-14-15-41-3)16-20-9-8-12-24(33-20)22-10-6-7-13-26(22)38-19-32-35-36-38/h6-10,12-13,17-19H,4-5,11,14-16H2,1-3H3. The van der Waals surface area contributed by atoms with Gasteiger partial charge in [0.1, 0.15) is 6.33 Å². The number of para-hydroxylation sites is 1. The fourth-order valence-electron chi connectivity index (χ4n) is 4.44. The van der Waals surface area contributed by atoms with Crippen LogP contribution in [-0.4, -0.2) is 63.3 Å². The van der Waals surface area contributed by atoms with Gasteiger partial charge in [0.2, 0.25) is 0 Å². The van der Waals surface area contributed by atoms with Crippen molar-refractivity contribution in [1.29, 1.82) is 0 Å². The minimum Gasteiger partial charge on any atom is -0.489 e. The summed E-state index contributed by atoms with van der Waals surface area (Å²) in [4.78, 5) is 32.5. The predicted octanol–water partition coefficient (Wildman–Crippen LogP) is 3.95. The van der Waals surface area contributed by atoms with E-state index in [1.807, 2.05) is 48.7 Å². The highest BCUT2D eigenvalue weighted by Gasteiger charge is 2.19. The molecule has 0 N–H and O–H groups in total. The Morgan fingerprint density at radius 2 is 1.85 bits per heavy atom. The summed E-state index contributed by atoms with van der Waals surface area (Å²) in [6, 6.07) is 13.6. The van der Waals surface area contributed by atoms with Gasteiger partial charge in [-0.15, -0.1) is 5.10 Å². The van der Waals surface area contributed by atoms with Gasteiger partial charge in [0.25, 0.3) is 5.56 Å². The molecule has 5 aromatic rings. The van der Waals surface area contributed by atoms with Crippen molar-refractivity contribution in [2.75, 3.05) is 18.6 Å². The molecule has 0 aliphatic rings. The predicted molar refractivity (Wildman–Crippen MR) is 158 cm³/mol. The van der Waals surface area contributed by atoms with E-state index in [4.69, 9.17) is 14.7 Å². The van der Waals surface area contributed by atoms with Crippen LogP contribution in [0, 0.1) is 0 Å². The number of aromatic nitrogens is 9. The number of pyridine rings is 1. The Bertz CT molecular complexity index is 1650. The van der Waals surface area contributed by atoms with Crippen LogP contribution >= 0.6 is 11.8 Å². The van der Waals surface area contributed by atoms with Gasteiger partial charge in [-0.25, -0.2) is 15.0 Å². The van der Waals surface area contributed by atoms with E-state index < -0.39 is 0 Å². The molecule has 0 atom stereocenters. The van der Waals surface area contributed by atoms with Gasteiger partial charge in [-0.3, -0.25) is 14.3 Å². The minimum absolute atomic E-state index is 0.133. The molecule has 1 aromatic carbocycles. The smallest absolute Gasteiger partial charge is 0.257 e. The van der Waals surface area contributed by atoms with E-state index in [-0.39, 0.29) is 5.56 Å².